The fourth-order valence-electron chi connectivity index (χ4n) is 1.61. The predicted octanol–water partition coefficient (Wildman–Crippen LogP) is 3.93. The lowest BCUT2D eigenvalue weighted by Crippen LogP contribution is -2.14. The summed E-state index contributed by atoms with van der Waals surface area (Å²) in [4.78, 5) is -0.245. The molecule has 0 radical (unpaired) electrons. The van der Waals surface area contributed by atoms with E-state index in [1.165, 1.54) is 25.1 Å². The molecule has 0 aromatic heterocycles. The standard InChI is InChI=1S/C13H11BrClFN2O2S/c1-7-11(16)5-9(6-12(7)17)21(19,20)18-13-3-2-8(15)4-10(13)14/h2-6,18H,17H2,1H3. The van der Waals surface area contributed by atoms with Crippen molar-refractivity contribution in [3.63, 3.8) is 0 Å². The van der Waals surface area contributed by atoms with Crippen LogP contribution in [-0.2, 0) is 10.0 Å². The van der Waals surface area contributed by atoms with Crippen LogP contribution in [0.5, 0.6) is 0 Å². The number of anilines is 2. The molecule has 0 bridgehead atoms. The predicted molar refractivity (Wildman–Crippen MR) is 85.5 cm³/mol. The van der Waals surface area contributed by atoms with Gasteiger partial charge in [0, 0.05) is 20.7 Å². The molecule has 2 rings (SSSR count). The van der Waals surface area contributed by atoms with Crippen LogP contribution in [-0.4, -0.2) is 8.42 Å². The van der Waals surface area contributed by atoms with Crippen LogP contribution in [0.15, 0.2) is 39.7 Å². The molecule has 0 amide bonds. The highest BCUT2D eigenvalue weighted by Gasteiger charge is 2.18. The van der Waals surface area contributed by atoms with Crippen molar-refractivity contribution in [2.45, 2.75) is 11.8 Å². The molecule has 0 saturated heterocycles. The van der Waals surface area contributed by atoms with Crippen LogP contribution < -0.4 is 10.5 Å². The van der Waals surface area contributed by atoms with Crippen molar-refractivity contribution in [3.8, 4) is 0 Å². The van der Waals surface area contributed by atoms with Crippen LogP contribution in [0.3, 0.4) is 0 Å². The molecule has 2 aromatic carbocycles. The van der Waals surface area contributed by atoms with Crippen molar-refractivity contribution in [1.82, 2.24) is 0 Å². The Morgan fingerprint density at radius 2 is 1.95 bits per heavy atom. The van der Waals surface area contributed by atoms with Gasteiger partial charge in [-0.25, -0.2) is 12.8 Å². The van der Waals surface area contributed by atoms with E-state index < -0.39 is 15.8 Å². The highest BCUT2D eigenvalue weighted by Crippen LogP contribution is 2.29. The van der Waals surface area contributed by atoms with Crippen molar-refractivity contribution in [1.29, 1.82) is 0 Å². The molecule has 21 heavy (non-hydrogen) atoms. The van der Waals surface area contributed by atoms with E-state index in [-0.39, 0.29) is 16.1 Å². The maximum atomic E-state index is 13.6. The molecule has 0 fully saturated rings. The van der Waals surface area contributed by atoms with Gasteiger partial charge in [0.05, 0.1) is 10.6 Å². The minimum Gasteiger partial charge on any atom is -0.398 e. The molecule has 0 aliphatic rings. The first kappa shape index (κ1) is 16.1. The first-order valence-corrected chi connectivity index (χ1v) is 8.39. The Morgan fingerprint density at radius 3 is 2.52 bits per heavy atom. The van der Waals surface area contributed by atoms with E-state index in [9.17, 15) is 12.8 Å². The molecule has 0 unspecified atom stereocenters. The Labute approximate surface area is 135 Å². The molecule has 0 saturated carbocycles. The Balaban J connectivity index is 2.43. The fraction of sp³-hybridized carbons (Fsp3) is 0.0769. The zero-order chi connectivity index (χ0) is 15.8. The van der Waals surface area contributed by atoms with Crippen LogP contribution in [0, 0.1) is 12.7 Å². The molecule has 0 aliphatic heterocycles. The van der Waals surface area contributed by atoms with E-state index in [1.54, 1.807) is 6.07 Å². The minimum atomic E-state index is -3.95. The Bertz CT molecular complexity index is 789. The first-order valence-electron chi connectivity index (χ1n) is 5.74. The Hall–Kier alpha value is -1.31. The van der Waals surface area contributed by atoms with Gasteiger partial charge in [0.2, 0.25) is 0 Å². The van der Waals surface area contributed by atoms with Gasteiger partial charge in [-0.15, -0.1) is 0 Å². The molecular weight excluding hydrogens is 383 g/mol. The second kappa shape index (κ2) is 5.82. The van der Waals surface area contributed by atoms with Gasteiger partial charge in [0.15, 0.2) is 0 Å². The number of hydrogen-bond donors (Lipinski definition) is 2. The summed E-state index contributed by atoms with van der Waals surface area (Å²) in [7, 11) is -3.95. The molecular formula is C13H11BrClFN2O2S. The van der Waals surface area contributed by atoms with E-state index in [2.05, 4.69) is 20.7 Å². The molecule has 0 atom stereocenters. The normalized spacial score (nSPS) is 11.4. The largest absolute Gasteiger partial charge is 0.398 e. The lowest BCUT2D eigenvalue weighted by Gasteiger charge is -2.11. The summed E-state index contributed by atoms with van der Waals surface area (Å²) >= 11 is 8.99. The van der Waals surface area contributed by atoms with Crippen molar-refractivity contribution < 1.29 is 12.8 Å². The molecule has 0 spiro atoms. The average molecular weight is 394 g/mol. The van der Waals surface area contributed by atoms with Crippen LogP contribution in [0.1, 0.15) is 5.56 Å². The number of halogens is 3. The topological polar surface area (TPSA) is 72.2 Å². The molecule has 8 heteroatoms. The molecule has 4 nitrogen and oxygen atoms in total. The summed E-state index contributed by atoms with van der Waals surface area (Å²) in [6.45, 7) is 1.48. The zero-order valence-corrected chi connectivity index (χ0v) is 14.0. The summed E-state index contributed by atoms with van der Waals surface area (Å²) in [5.74, 6) is -0.675. The summed E-state index contributed by atoms with van der Waals surface area (Å²) in [6.07, 6.45) is 0. The average Bonchev–Trinajstić information content (AvgIpc) is 2.38. The lowest BCUT2D eigenvalue weighted by molar-refractivity contribution is 0.593. The van der Waals surface area contributed by atoms with E-state index in [4.69, 9.17) is 17.3 Å². The van der Waals surface area contributed by atoms with E-state index >= 15 is 0 Å². The van der Waals surface area contributed by atoms with E-state index in [0.717, 1.165) is 6.07 Å². The van der Waals surface area contributed by atoms with Gasteiger partial charge in [0.1, 0.15) is 5.82 Å². The smallest absolute Gasteiger partial charge is 0.262 e. The van der Waals surface area contributed by atoms with Gasteiger partial charge in [-0.1, -0.05) is 11.6 Å². The van der Waals surface area contributed by atoms with Crippen molar-refractivity contribution >= 4 is 48.9 Å². The summed E-state index contributed by atoms with van der Waals surface area (Å²) < 4.78 is 41.0. The monoisotopic (exact) mass is 392 g/mol. The highest BCUT2D eigenvalue weighted by molar-refractivity contribution is 9.10. The number of nitrogen functional groups attached to an aromatic ring is 1. The first-order chi connectivity index (χ1) is 9.70. The third-order valence-corrected chi connectivity index (χ3v) is 5.08. The number of hydrogen-bond acceptors (Lipinski definition) is 3. The van der Waals surface area contributed by atoms with Crippen LogP contribution in [0.25, 0.3) is 0 Å². The zero-order valence-electron chi connectivity index (χ0n) is 10.8. The van der Waals surface area contributed by atoms with Crippen LogP contribution in [0.2, 0.25) is 5.02 Å². The summed E-state index contributed by atoms with van der Waals surface area (Å²) in [5, 5.41) is 0.454. The SMILES string of the molecule is Cc1c(N)cc(S(=O)(=O)Nc2ccc(Cl)cc2Br)cc1F. The van der Waals surface area contributed by atoms with Gasteiger partial charge in [-0.2, -0.15) is 0 Å². The molecule has 3 N–H and O–H groups in total. The number of benzene rings is 2. The number of nitrogens with one attached hydrogen (secondary N) is 1. The number of sulfonamides is 1. The Kier molecular flexibility index (Phi) is 4.46. The quantitative estimate of drug-likeness (QED) is 0.776. The van der Waals surface area contributed by atoms with E-state index in [0.29, 0.717) is 15.2 Å². The molecule has 112 valence electrons. The maximum absolute atomic E-state index is 13.6. The van der Waals surface area contributed by atoms with Crippen molar-refractivity contribution in [3.05, 3.63) is 51.2 Å². The second-order valence-electron chi connectivity index (χ2n) is 4.35. The van der Waals surface area contributed by atoms with Gasteiger partial charge in [-0.3, -0.25) is 4.72 Å². The van der Waals surface area contributed by atoms with E-state index in [1.807, 2.05) is 0 Å². The Morgan fingerprint density at radius 1 is 1.29 bits per heavy atom. The third kappa shape index (κ3) is 3.48. The summed E-state index contributed by atoms with van der Waals surface area (Å²) in [5.41, 5.74) is 6.18. The number of nitrogens with two attached hydrogens (primary N) is 1. The second-order valence-corrected chi connectivity index (χ2v) is 7.32. The fourth-order valence-corrected chi connectivity index (χ4v) is 3.64. The van der Waals surface area contributed by atoms with Gasteiger partial charge < -0.3 is 5.73 Å². The summed E-state index contributed by atoms with van der Waals surface area (Å²) in [6, 6.07) is 6.72. The molecule has 0 aliphatic carbocycles. The third-order valence-electron chi connectivity index (χ3n) is 2.84. The highest BCUT2D eigenvalue weighted by atomic mass is 79.9. The lowest BCUT2D eigenvalue weighted by atomic mass is 10.2. The van der Waals surface area contributed by atoms with Crippen molar-refractivity contribution in [2.24, 2.45) is 0 Å². The van der Waals surface area contributed by atoms with Crippen LogP contribution in [0.4, 0.5) is 15.8 Å². The van der Waals surface area contributed by atoms with Crippen LogP contribution >= 0.6 is 27.5 Å². The number of rotatable bonds is 3. The molecule has 2 aromatic rings. The van der Waals surface area contributed by atoms with Gasteiger partial charge in [0.25, 0.3) is 10.0 Å². The van der Waals surface area contributed by atoms with Crippen molar-refractivity contribution in [2.75, 3.05) is 10.5 Å². The minimum absolute atomic E-state index is 0.0746. The maximum Gasteiger partial charge on any atom is 0.262 e. The van der Waals surface area contributed by atoms with Gasteiger partial charge in [-0.05, 0) is 53.2 Å². The van der Waals surface area contributed by atoms with Gasteiger partial charge >= 0.3 is 0 Å². The molecule has 0 heterocycles.